The molecule has 0 spiro atoms. The molecule has 2 N–H and O–H groups in total. The van der Waals surface area contributed by atoms with Crippen molar-refractivity contribution < 1.29 is 14.7 Å². The standard InChI is InChI=1S/C12H17N3O3/c1-8-4-6-13-9(2)11(8)14-12(18)15(3)7-5-10(16)17/h4,6H,5,7H2,1-3H3,(H,14,18)(H,16,17). The number of carboxylic acid groups (broad SMARTS) is 1. The van der Waals surface area contributed by atoms with Crippen molar-refractivity contribution in [3.63, 3.8) is 0 Å². The summed E-state index contributed by atoms with van der Waals surface area (Å²) in [4.78, 5) is 27.7. The summed E-state index contributed by atoms with van der Waals surface area (Å²) in [6, 6.07) is 1.47. The lowest BCUT2D eigenvalue weighted by atomic mass is 10.2. The van der Waals surface area contributed by atoms with Crippen molar-refractivity contribution in [2.24, 2.45) is 0 Å². The number of aromatic nitrogens is 1. The Balaban J connectivity index is 2.67. The molecule has 1 aromatic rings. The van der Waals surface area contributed by atoms with Crippen molar-refractivity contribution in [2.75, 3.05) is 18.9 Å². The van der Waals surface area contributed by atoms with Gasteiger partial charge in [-0.25, -0.2) is 4.79 Å². The van der Waals surface area contributed by atoms with E-state index in [4.69, 9.17) is 5.11 Å². The Bertz CT molecular complexity index is 440. The average molecular weight is 251 g/mol. The van der Waals surface area contributed by atoms with Crippen LogP contribution in [0.3, 0.4) is 0 Å². The largest absolute Gasteiger partial charge is 0.481 e. The molecule has 0 fully saturated rings. The van der Waals surface area contributed by atoms with Gasteiger partial charge in [0.25, 0.3) is 0 Å². The van der Waals surface area contributed by atoms with Crippen LogP contribution in [0.5, 0.6) is 0 Å². The molecule has 1 rings (SSSR count). The third kappa shape index (κ3) is 3.73. The van der Waals surface area contributed by atoms with E-state index >= 15 is 0 Å². The summed E-state index contributed by atoms with van der Waals surface area (Å²) < 4.78 is 0. The Morgan fingerprint density at radius 2 is 2.11 bits per heavy atom. The maximum absolute atomic E-state index is 11.8. The molecule has 0 aliphatic carbocycles. The van der Waals surface area contributed by atoms with Crippen molar-refractivity contribution in [3.8, 4) is 0 Å². The number of aliphatic carboxylic acids is 1. The Morgan fingerprint density at radius 3 is 2.67 bits per heavy atom. The van der Waals surface area contributed by atoms with Gasteiger partial charge in [0.05, 0.1) is 17.8 Å². The Morgan fingerprint density at radius 1 is 1.44 bits per heavy atom. The first-order valence-electron chi connectivity index (χ1n) is 5.58. The van der Waals surface area contributed by atoms with E-state index in [1.165, 1.54) is 4.90 Å². The molecule has 0 bridgehead atoms. The minimum absolute atomic E-state index is 0.0745. The first-order chi connectivity index (χ1) is 8.41. The van der Waals surface area contributed by atoms with Crippen molar-refractivity contribution in [3.05, 3.63) is 23.5 Å². The number of anilines is 1. The summed E-state index contributed by atoms with van der Waals surface area (Å²) in [5, 5.41) is 11.3. The van der Waals surface area contributed by atoms with Gasteiger partial charge in [-0.3, -0.25) is 9.78 Å². The summed E-state index contributed by atoms with van der Waals surface area (Å²) in [5.41, 5.74) is 2.32. The van der Waals surface area contributed by atoms with Crippen LogP contribution in [0, 0.1) is 13.8 Å². The number of nitrogens with zero attached hydrogens (tertiary/aromatic N) is 2. The van der Waals surface area contributed by atoms with Crippen LogP contribution in [0.15, 0.2) is 12.3 Å². The summed E-state index contributed by atoms with van der Waals surface area (Å²) in [6.07, 6.45) is 1.60. The minimum atomic E-state index is -0.927. The molecule has 0 atom stereocenters. The zero-order valence-corrected chi connectivity index (χ0v) is 10.7. The minimum Gasteiger partial charge on any atom is -0.481 e. The second-order valence-electron chi connectivity index (χ2n) is 4.08. The predicted octanol–water partition coefficient (Wildman–Crippen LogP) is 1.64. The number of nitrogens with one attached hydrogen (secondary N) is 1. The number of hydrogen-bond acceptors (Lipinski definition) is 3. The highest BCUT2D eigenvalue weighted by Crippen LogP contribution is 2.17. The van der Waals surface area contributed by atoms with E-state index in [-0.39, 0.29) is 19.0 Å². The van der Waals surface area contributed by atoms with Crippen LogP contribution < -0.4 is 5.32 Å². The summed E-state index contributed by atoms with van der Waals surface area (Å²) in [6.45, 7) is 3.85. The molecule has 0 aromatic carbocycles. The van der Waals surface area contributed by atoms with E-state index < -0.39 is 5.97 Å². The highest BCUT2D eigenvalue weighted by molar-refractivity contribution is 5.90. The van der Waals surface area contributed by atoms with Crippen molar-refractivity contribution >= 4 is 17.7 Å². The van der Waals surface area contributed by atoms with E-state index in [1.807, 2.05) is 6.92 Å². The molecule has 0 radical (unpaired) electrons. The van der Waals surface area contributed by atoms with Crippen LogP contribution in [-0.4, -0.2) is 40.6 Å². The van der Waals surface area contributed by atoms with Gasteiger partial charge in [0, 0.05) is 19.8 Å². The molecular formula is C12H17N3O3. The molecule has 0 saturated carbocycles. The smallest absolute Gasteiger partial charge is 0.321 e. The van der Waals surface area contributed by atoms with Gasteiger partial charge in [-0.15, -0.1) is 0 Å². The van der Waals surface area contributed by atoms with Gasteiger partial charge in [0.1, 0.15) is 0 Å². The van der Waals surface area contributed by atoms with Crippen molar-refractivity contribution in [2.45, 2.75) is 20.3 Å². The second kappa shape index (κ2) is 6.00. The third-order valence-corrected chi connectivity index (χ3v) is 2.59. The van der Waals surface area contributed by atoms with Gasteiger partial charge in [-0.1, -0.05) is 0 Å². The molecular weight excluding hydrogens is 234 g/mol. The number of urea groups is 1. The summed E-state index contributed by atoms with van der Waals surface area (Å²) in [5.74, 6) is -0.927. The average Bonchev–Trinajstić information content (AvgIpc) is 2.30. The van der Waals surface area contributed by atoms with Gasteiger partial charge < -0.3 is 15.3 Å². The molecule has 2 amide bonds. The Labute approximate surface area is 106 Å². The van der Waals surface area contributed by atoms with Crippen molar-refractivity contribution in [1.82, 2.24) is 9.88 Å². The highest BCUT2D eigenvalue weighted by atomic mass is 16.4. The number of hydrogen-bond donors (Lipinski definition) is 2. The van der Waals surface area contributed by atoms with Gasteiger partial charge >= 0.3 is 12.0 Å². The fourth-order valence-corrected chi connectivity index (χ4v) is 1.45. The third-order valence-electron chi connectivity index (χ3n) is 2.59. The number of aryl methyl sites for hydroxylation is 2. The fourth-order valence-electron chi connectivity index (χ4n) is 1.45. The highest BCUT2D eigenvalue weighted by Gasteiger charge is 2.12. The molecule has 1 heterocycles. The molecule has 6 heteroatoms. The molecule has 0 aliphatic rings. The first-order valence-corrected chi connectivity index (χ1v) is 5.58. The van der Waals surface area contributed by atoms with Gasteiger partial charge in [-0.2, -0.15) is 0 Å². The van der Waals surface area contributed by atoms with E-state index in [0.29, 0.717) is 5.69 Å². The number of carbonyl (C=O) groups is 2. The van der Waals surface area contributed by atoms with Crippen LogP contribution in [0.4, 0.5) is 10.5 Å². The van der Waals surface area contributed by atoms with E-state index in [2.05, 4.69) is 10.3 Å². The normalized spacial score (nSPS) is 9.94. The predicted molar refractivity (Wildman–Crippen MR) is 67.6 cm³/mol. The van der Waals surface area contributed by atoms with Crippen molar-refractivity contribution in [1.29, 1.82) is 0 Å². The molecule has 1 aromatic heterocycles. The zero-order chi connectivity index (χ0) is 13.7. The number of carboxylic acids is 1. The maximum atomic E-state index is 11.8. The van der Waals surface area contributed by atoms with Gasteiger partial charge in [0.15, 0.2) is 0 Å². The lowest BCUT2D eigenvalue weighted by Gasteiger charge is -2.18. The number of amides is 2. The molecule has 6 nitrogen and oxygen atoms in total. The van der Waals surface area contributed by atoms with E-state index in [9.17, 15) is 9.59 Å². The Hall–Kier alpha value is -2.11. The van der Waals surface area contributed by atoms with Gasteiger partial charge in [-0.05, 0) is 25.5 Å². The number of rotatable bonds is 4. The molecule has 0 aliphatic heterocycles. The van der Waals surface area contributed by atoms with Crippen LogP contribution >= 0.6 is 0 Å². The lowest BCUT2D eigenvalue weighted by Crippen LogP contribution is -2.33. The monoisotopic (exact) mass is 251 g/mol. The van der Waals surface area contributed by atoms with E-state index in [1.54, 1.807) is 26.2 Å². The molecule has 0 unspecified atom stereocenters. The second-order valence-corrected chi connectivity index (χ2v) is 4.08. The lowest BCUT2D eigenvalue weighted by molar-refractivity contribution is -0.137. The fraction of sp³-hybridized carbons (Fsp3) is 0.417. The quantitative estimate of drug-likeness (QED) is 0.852. The van der Waals surface area contributed by atoms with Crippen LogP contribution in [0.1, 0.15) is 17.7 Å². The Kier molecular flexibility index (Phi) is 4.65. The summed E-state index contributed by atoms with van der Waals surface area (Å²) >= 11 is 0. The number of carbonyl (C=O) groups excluding carboxylic acids is 1. The summed E-state index contributed by atoms with van der Waals surface area (Å²) in [7, 11) is 1.55. The van der Waals surface area contributed by atoms with Crippen LogP contribution in [0.2, 0.25) is 0 Å². The maximum Gasteiger partial charge on any atom is 0.321 e. The molecule has 0 saturated heterocycles. The first kappa shape index (κ1) is 14.0. The topological polar surface area (TPSA) is 82.5 Å². The van der Waals surface area contributed by atoms with Gasteiger partial charge in [0.2, 0.25) is 0 Å². The molecule has 18 heavy (non-hydrogen) atoms. The van der Waals surface area contributed by atoms with Crippen LogP contribution in [-0.2, 0) is 4.79 Å². The SMILES string of the molecule is Cc1ccnc(C)c1NC(=O)N(C)CCC(=O)O. The zero-order valence-electron chi connectivity index (χ0n) is 10.7. The van der Waals surface area contributed by atoms with Crippen LogP contribution in [0.25, 0.3) is 0 Å². The molecule has 98 valence electrons. The number of pyridine rings is 1. The van der Waals surface area contributed by atoms with E-state index in [0.717, 1.165) is 11.3 Å².